The average molecular weight is 422 g/mol. The molecular weight excluding hydrogens is 392 g/mol. The van der Waals surface area contributed by atoms with E-state index in [2.05, 4.69) is 20.6 Å². The number of hydrogen-bond acceptors (Lipinski definition) is 5. The van der Waals surface area contributed by atoms with E-state index in [0.29, 0.717) is 23.8 Å². The van der Waals surface area contributed by atoms with Gasteiger partial charge in [-0.25, -0.2) is 4.79 Å². The summed E-state index contributed by atoms with van der Waals surface area (Å²) in [5, 5.41) is 23.7. The number of nitrogens with zero attached hydrogens (tertiary/aromatic N) is 4. The van der Waals surface area contributed by atoms with Crippen molar-refractivity contribution < 1.29 is 24.9 Å². The predicted molar refractivity (Wildman–Crippen MR) is 109 cm³/mol. The van der Waals surface area contributed by atoms with Crippen LogP contribution in [0.15, 0.2) is 12.1 Å². The van der Waals surface area contributed by atoms with E-state index in [1.807, 2.05) is 19.9 Å². The first-order valence-electron chi connectivity index (χ1n) is 9.70. The van der Waals surface area contributed by atoms with Gasteiger partial charge in [0.15, 0.2) is 5.82 Å². The standard InChI is InChI=1S/C19H28N6O4.H2O/c1-11(2)25(19(27)28)14-6-5-12(7-14)15-9-17(22-21-15)20-18(26)16-8-13(10-29-4)23-24(16)3;/h8-9,11-12,14H,5-7,10H2,1-4H3,(H,27,28)(H2,20,21,22,26);1H2/t12-,14+;/m0./s1. The molecule has 2 heterocycles. The summed E-state index contributed by atoms with van der Waals surface area (Å²) in [5.74, 6) is 0.312. The highest BCUT2D eigenvalue weighted by Gasteiger charge is 2.34. The molecule has 1 fully saturated rings. The molecule has 0 aromatic carbocycles. The fourth-order valence-electron chi connectivity index (χ4n) is 4.04. The summed E-state index contributed by atoms with van der Waals surface area (Å²) in [5.41, 5.74) is 1.99. The molecule has 30 heavy (non-hydrogen) atoms. The fraction of sp³-hybridized carbons (Fsp3) is 0.579. The van der Waals surface area contributed by atoms with E-state index < -0.39 is 6.09 Å². The van der Waals surface area contributed by atoms with Crippen LogP contribution in [-0.2, 0) is 18.4 Å². The van der Waals surface area contributed by atoms with Gasteiger partial charge in [-0.1, -0.05) is 0 Å². The molecule has 5 N–H and O–H groups in total. The number of aromatic nitrogens is 4. The third kappa shape index (κ3) is 4.97. The maximum Gasteiger partial charge on any atom is 0.407 e. The first kappa shape index (κ1) is 23.4. The first-order chi connectivity index (χ1) is 13.8. The number of aromatic amines is 1. The molecule has 0 bridgehead atoms. The Morgan fingerprint density at radius 3 is 2.77 bits per heavy atom. The molecule has 2 aromatic rings. The van der Waals surface area contributed by atoms with Crippen LogP contribution in [0.4, 0.5) is 10.6 Å². The number of nitrogens with one attached hydrogen (secondary N) is 2. The summed E-state index contributed by atoms with van der Waals surface area (Å²) in [6.45, 7) is 4.11. The number of aryl methyl sites for hydroxylation is 1. The number of H-pyrrole nitrogens is 1. The van der Waals surface area contributed by atoms with Crippen LogP contribution in [0, 0.1) is 0 Å². The minimum Gasteiger partial charge on any atom is -0.465 e. The van der Waals surface area contributed by atoms with Gasteiger partial charge in [-0.3, -0.25) is 14.6 Å². The minimum atomic E-state index is -0.882. The zero-order valence-electron chi connectivity index (χ0n) is 17.7. The van der Waals surface area contributed by atoms with Gasteiger partial charge >= 0.3 is 6.09 Å². The molecule has 2 amide bonds. The predicted octanol–water partition coefficient (Wildman–Crippen LogP) is 1.74. The molecule has 1 aliphatic carbocycles. The Balaban J connectivity index is 0.00000320. The Labute approximate surface area is 174 Å². The van der Waals surface area contributed by atoms with Crippen LogP contribution in [0.25, 0.3) is 0 Å². The van der Waals surface area contributed by atoms with Crippen molar-refractivity contribution in [1.82, 2.24) is 24.9 Å². The van der Waals surface area contributed by atoms with Crippen molar-refractivity contribution in [3.05, 3.63) is 29.2 Å². The Morgan fingerprint density at radius 2 is 2.13 bits per heavy atom. The second-order valence-corrected chi connectivity index (χ2v) is 7.69. The van der Waals surface area contributed by atoms with Gasteiger partial charge in [-0.05, 0) is 39.2 Å². The van der Waals surface area contributed by atoms with Crippen molar-refractivity contribution in [2.75, 3.05) is 12.4 Å². The number of rotatable bonds is 7. The number of hydrogen-bond donors (Lipinski definition) is 3. The molecule has 2 aromatic heterocycles. The van der Waals surface area contributed by atoms with Gasteiger partial charge in [-0.2, -0.15) is 10.2 Å². The lowest BCUT2D eigenvalue weighted by Gasteiger charge is -2.30. The molecule has 11 heteroatoms. The summed E-state index contributed by atoms with van der Waals surface area (Å²) in [7, 11) is 3.27. The van der Waals surface area contributed by atoms with Crippen LogP contribution < -0.4 is 5.32 Å². The van der Waals surface area contributed by atoms with E-state index in [1.165, 1.54) is 9.58 Å². The number of carbonyl (C=O) groups is 2. The Kier molecular flexibility index (Phi) is 7.57. The monoisotopic (exact) mass is 422 g/mol. The van der Waals surface area contributed by atoms with E-state index in [0.717, 1.165) is 25.0 Å². The average Bonchev–Trinajstić information content (AvgIpc) is 3.35. The normalized spacial score (nSPS) is 18.3. The first-order valence-corrected chi connectivity index (χ1v) is 9.70. The number of ether oxygens (including phenoxy) is 1. The van der Waals surface area contributed by atoms with E-state index in [1.54, 1.807) is 20.2 Å². The summed E-state index contributed by atoms with van der Waals surface area (Å²) < 4.78 is 6.55. The van der Waals surface area contributed by atoms with Gasteiger partial charge in [0.05, 0.1) is 12.3 Å². The van der Waals surface area contributed by atoms with E-state index in [4.69, 9.17) is 4.74 Å². The van der Waals surface area contributed by atoms with Crippen molar-refractivity contribution in [3.8, 4) is 0 Å². The van der Waals surface area contributed by atoms with Crippen LogP contribution >= 0.6 is 0 Å². The number of amides is 2. The van der Waals surface area contributed by atoms with Gasteiger partial charge in [0.2, 0.25) is 0 Å². The van der Waals surface area contributed by atoms with Crippen molar-refractivity contribution >= 4 is 17.8 Å². The number of anilines is 1. The fourth-order valence-corrected chi connectivity index (χ4v) is 4.04. The molecule has 0 radical (unpaired) electrons. The molecule has 166 valence electrons. The van der Waals surface area contributed by atoms with Crippen molar-refractivity contribution in [2.45, 2.75) is 57.7 Å². The van der Waals surface area contributed by atoms with Crippen molar-refractivity contribution in [1.29, 1.82) is 0 Å². The summed E-state index contributed by atoms with van der Waals surface area (Å²) in [6.07, 6.45) is 1.54. The molecule has 0 spiro atoms. The molecule has 0 aliphatic heterocycles. The van der Waals surface area contributed by atoms with E-state index in [9.17, 15) is 14.7 Å². The van der Waals surface area contributed by atoms with Crippen LogP contribution in [0.3, 0.4) is 0 Å². The second-order valence-electron chi connectivity index (χ2n) is 7.69. The topological polar surface area (TPSA) is 157 Å². The lowest BCUT2D eigenvalue weighted by molar-refractivity contribution is 0.101. The number of carboxylic acid groups (broad SMARTS) is 1. The van der Waals surface area contributed by atoms with Crippen LogP contribution in [0.1, 0.15) is 60.9 Å². The Morgan fingerprint density at radius 1 is 1.40 bits per heavy atom. The smallest absolute Gasteiger partial charge is 0.407 e. The second kappa shape index (κ2) is 9.72. The largest absolute Gasteiger partial charge is 0.465 e. The number of methoxy groups -OCH3 is 1. The van der Waals surface area contributed by atoms with Gasteiger partial charge in [0, 0.05) is 43.9 Å². The van der Waals surface area contributed by atoms with E-state index in [-0.39, 0.29) is 29.4 Å². The SMILES string of the molecule is COCc1cc(C(=O)Nc2cc([C@H]3CC[C@@H](N(C(=O)O)C(C)C)C3)[nH]n2)n(C)n1.O. The highest BCUT2D eigenvalue weighted by Crippen LogP contribution is 2.37. The molecule has 0 saturated heterocycles. The van der Waals surface area contributed by atoms with Crippen molar-refractivity contribution in [3.63, 3.8) is 0 Å². The third-order valence-corrected chi connectivity index (χ3v) is 5.31. The van der Waals surface area contributed by atoms with Gasteiger partial charge < -0.3 is 25.5 Å². The Bertz CT molecular complexity index is 877. The van der Waals surface area contributed by atoms with Crippen LogP contribution in [0.5, 0.6) is 0 Å². The van der Waals surface area contributed by atoms with Gasteiger partial charge in [-0.15, -0.1) is 0 Å². The highest BCUT2D eigenvalue weighted by molar-refractivity contribution is 6.02. The van der Waals surface area contributed by atoms with Crippen LogP contribution in [0.2, 0.25) is 0 Å². The third-order valence-electron chi connectivity index (χ3n) is 5.31. The zero-order chi connectivity index (χ0) is 21.1. The summed E-state index contributed by atoms with van der Waals surface area (Å²) >= 11 is 0. The maximum absolute atomic E-state index is 12.5. The minimum absolute atomic E-state index is 0. The van der Waals surface area contributed by atoms with Gasteiger partial charge in [0.25, 0.3) is 5.91 Å². The maximum atomic E-state index is 12.5. The lowest BCUT2D eigenvalue weighted by Crippen LogP contribution is -2.42. The lowest BCUT2D eigenvalue weighted by atomic mass is 10.0. The molecule has 1 saturated carbocycles. The van der Waals surface area contributed by atoms with E-state index >= 15 is 0 Å². The molecule has 3 rings (SSSR count). The highest BCUT2D eigenvalue weighted by atomic mass is 16.5. The quantitative estimate of drug-likeness (QED) is 0.617. The summed E-state index contributed by atoms with van der Waals surface area (Å²) in [6, 6.07) is 3.43. The molecule has 11 nitrogen and oxygen atoms in total. The summed E-state index contributed by atoms with van der Waals surface area (Å²) in [4.78, 5) is 25.6. The van der Waals surface area contributed by atoms with Crippen molar-refractivity contribution in [2.24, 2.45) is 7.05 Å². The molecular formula is C19H30N6O5. The molecule has 0 unspecified atom stereocenters. The van der Waals surface area contributed by atoms with Gasteiger partial charge in [0.1, 0.15) is 5.69 Å². The van der Waals surface area contributed by atoms with Crippen LogP contribution in [-0.4, -0.2) is 66.7 Å². The molecule has 2 atom stereocenters. The molecule has 1 aliphatic rings. The Hall–Kier alpha value is -2.92. The number of carbonyl (C=O) groups excluding carboxylic acids is 1. The zero-order valence-corrected chi connectivity index (χ0v) is 17.7.